The molecule has 2 heterocycles. The van der Waals surface area contributed by atoms with Crippen LogP contribution in [0.5, 0.6) is 5.75 Å². The van der Waals surface area contributed by atoms with Crippen LogP contribution in [0.15, 0.2) is 40.8 Å². The zero-order chi connectivity index (χ0) is 31.4. The summed E-state index contributed by atoms with van der Waals surface area (Å²) in [5.41, 5.74) is 7.93. The molecule has 1 amide bonds. The van der Waals surface area contributed by atoms with Crippen LogP contribution in [-0.4, -0.2) is 56.3 Å². The third-order valence-corrected chi connectivity index (χ3v) is 6.44. The maximum Gasteiger partial charge on any atom is 0.326 e. The normalized spacial score (nSPS) is 16.0. The van der Waals surface area contributed by atoms with E-state index in [4.69, 9.17) is 14.9 Å². The number of aryl methyl sites for hydroxylation is 1. The van der Waals surface area contributed by atoms with Gasteiger partial charge in [0.05, 0.1) is 18.4 Å². The fourth-order valence-electron chi connectivity index (χ4n) is 4.16. The van der Waals surface area contributed by atoms with Gasteiger partial charge >= 0.3 is 5.97 Å². The SMILES string of the molecule is CC(C)(C)N.CCC(O)/C=C/C(=O)N1Cc2cc(OCCc3nc(/C=C/CCC(C)C)oc3C)ccc2C[C@H]1C(=O)O. The van der Waals surface area contributed by atoms with Gasteiger partial charge in [0.25, 0.3) is 0 Å². The number of carbonyl (C=O) groups is 2. The fraction of sp³-hybridized carbons (Fsp3) is 0.545. The minimum absolute atomic E-state index is 0. The number of benzene rings is 1. The highest BCUT2D eigenvalue weighted by Gasteiger charge is 2.34. The number of hydrogen-bond donors (Lipinski definition) is 3. The van der Waals surface area contributed by atoms with Crippen LogP contribution >= 0.6 is 0 Å². The molecule has 42 heavy (non-hydrogen) atoms. The number of oxazole rings is 1. The number of carboxylic acid groups (broad SMARTS) is 1. The molecule has 1 aliphatic heterocycles. The first-order chi connectivity index (χ1) is 19.7. The molecule has 0 fully saturated rings. The number of fused-ring (bicyclic) bond motifs is 1. The molecule has 1 aromatic carbocycles. The second kappa shape index (κ2) is 16.3. The molecule has 0 saturated heterocycles. The Hall–Kier alpha value is -3.43. The molecule has 3 rings (SSSR count). The van der Waals surface area contributed by atoms with Crippen molar-refractivity contribution in [2.24, 2.45) is 11.7 Å². The Bertz CT molecular complexity index is 1220. The first-order valence-electron chi connectivity index (χ1n) is 14.7. The second-order valence-electron chi connectivity index (χ2n) is 12.2. The van der Waals surface area contributed by atoms with Crippen molar-refractivity contribution in [3.8, 4) is 5.75 Å². The lowest BCUT2D eigenvalue weighted by molar-refractivity contribution is -0.149. The monoisotopic (exact) mass is 583 g/mol. The molecule has 4 N–H and O–H groups in total. The van der Waals surface area contributed by atoms with Crippen molar-refractivity contribution in [2.45, 2.75) is 105 Å². The Kier molecular flexibility index (Phi) is 13.5. The summed E-state index contributed by atoms with van der Waals surface area (Å²) in [5.74, 6) is 1.18. The van der Waals surface area contributed by atoms with E-state index in [-0.39, 0.29) is 18.5 Å². The Labute approximate surface area is 250 Å². The van der Waals surface area contributed by atoms with Crippen LogP contribution in [0.2, 0.25) is 0 Å². The average Bonchev–Trinajstić information content (AvgIpc) is 3.26. The predicted octanol–water partition coefficient (Wildman–Crippen LogP) is 5.46. The minimum Gasteiger partial charge on any atom is -0.493 e. The molecule has 1 unspecified atom stereocenters. The lowest BCUT2D eigenvalue weighted by atomic mass is 9.93. The van der Waals surface area contributed by atoms with Crippen LogP contribution < -0.4 is 10.5 Å². The van der Waals surface area contributed by atoms with Crippen molar-refractivity contribution in [3.05, 3.63) is 64.9 Å². The maximum atomic E-state index is 12.7. The number of aromatic nitrogens is 1. The van der Waals surface area contributed by atoms with Crippen molar-refractivity contribution >= 4 is 18.0 Å². The molecule has 2 atom stereocenters. The van der Waals surface area contributed by atoms with E-state index in [2.05, 4.69) is 24.9 Å². The van der Waals surface area contributed by atoms with Gasteiger partial charge < -0.3 is 30.0 Å². The zero-order valence-corrected chi connectivity index (χ0v) is 26.2. The third-order valence-electron chi connectivity index (χ3n) is 6.44. The molecule has 0 spiro atoms. The molecule has 9 nitrogen and oxygen atoms in total. The number of rotatable bonds is 12. The van der Waals surface area contributed by atoms with Gasteiger partial charge in [-0.3, -0.25) is 4.79 Å². The highest BCUT2D eigenvalue weighted by Crippen LogP contribution is 2.28. The van der Waals surface area contributed by atoms with Gasteiger partial charge in [0.15, 0.2) is 0 Å². The number of aliphatic hydroxyl groups excluding tert-OH is 1. The molecular weight excluding hydrogens is 534 g/mol. The molecule has 0 radical (unpaired) electrons. The number of carbonyl (C=O) groups excluding carboxylic acids is 1. The second-order valence-corrected chi connectivity index (χ2v) is 12.2. The zero-order valence-electron chi connectivity index (χ0n) is 26.2. The van der Waals surface area contributed by atoms with Crippen molar-refractivity contribution in [1.82, 2.24) is 9.88 Å². The van der Waals surface area contributed by atoms with Gasteiger partial charge in [-0.05, 0) is 82.2 Å². The highest BCUT2D eigenvalue weighted by atomic mass is 16.5. The standard InChI is InChI=1S/C29H38N2O6.C4H11N/c1-5-23(32)11-13-28(33)31-18-22-16-24(12-10-21(22)17-26(31)29(34)35)36-15-14-25-20(4)37-27(30-25)9-7-6-8-19(2)3;1-4(2,3)5/h7,9-13,16,19,23,26,32H,5-6,8,14-15,17-18H2,1-4H3,(H,34,35);5H2,1-3H3/b9-7+,13-11+;/t23?,26-;/m0./s1. The topological polar surface area (TPSA) is 139 Å². The molecule has 0 aliphatic carbocycles. The summed E-state index contributed by atoms with van der Waals surface area (Å²) in [6.07, 6.45) is 9.30. The summed E-state index contributed by atoms with van der Waals surface area (Å²) >= 11 is 0. The Morgan fingerprint density at radius 1 is 1.26 bits per heavy atom. The van der Waals surface area contributed by atoms with E-state index < -0.39 is 24.0 Å². The Balaban J connectivity index is 0.00000113. The van der Waals surface area contributed by atoms with Gasteiger partial charge in [-0.2, -0.15) is 0 Å². The van der Waals surface area contributed by atoms with E-state index >= 15 is 0 Å². The highest BCUT2D eigenvalue weighted by molar-refractivity contribution is 5.91. The van der Waals surface area contributed by atoms with Crippen LogP contribution in [0.4, 0.5) is 0 Å². The van der Waals surface area contributed by atoms with E-state index in [1.165, 1.54) is 17.1 Å². The summed E-state index contributed by atoms with van der Waals surface area (Å²) in [6, 6.07) is 4.58. The summed E-state index contributed by atoms with van der Waals surface area (Å²) in [7, 11) is 0. The largest absolute Gasteiger partial charge is 0.493 e. The smallest absolute Gasteiger partial charge is 0.326 e. The fourth-order valence-corrected chi connectivity index (χ4v) is 4.16. The van der Waals surface area contributed by atoms with Gasteiger partial charge in [0.1, 0.15) is 17.6 Å². The Morgan fingerprint density at radius 2 is 1.95 bits per heavy atom. The first kappa shape index (κ1) is 34.8. The van der Waals surface area contributed by atoms with Gasteiger partial charge in [0.2, 0.25) is 11.8 Å². The quantitative estimate of drug-likeness (QED) is 0.280. The third kappa shape index (κ3) is 12.2. The molecule has 1 aromatic heterocycles. The lowest BCUT2D eigenvalue weighted by Crippen LogP contribution is -2.48. The predicted molar refractivity (Wildman–Crippen MR) is 165 cm³/mol. The van der Waals surface area contributed by atoms with Crippen molar-refractivity contribution in [1.29, 1.82) is 0 Å². The summed E-state index contributed by atoms with van der Waals surface area (Å²) < 4.78 is 11.7. The molecule has 9 heteroatoms. The number of nitrogens with zero attached hydrogens (tertiary/aromatic N) is 2. The van der Waals surface area contributed by atoms with Crippen LogP contribution in [0.25, 0.3) is 6.08 Å². The van der Waals surface area contributed by atoms with E-state index in [9.17, 15) is 19.8 Å². The first-order valence-corrected chi connectivity index (χ1v) is 14.7. The van der Waals surface area contributed by atoms with Crippen LogP contribution in [0, 0.1) is 12.8 Å². The molecule has 1 aliphatic rings. The number of amides is 1. The molecule has 232 valence electrons. The van der Waals surface area contributed by atoms with Gasteiger partial charge in [-0.1, -0.05) is 39.0 Å². The molecule has 0 bridgehead atoms. The molecule has 2 aromatic rings. The lowest BCUT2D eigenvalue weighted by Gasteiger charge is -2.34. The number of ether oxygens (including phenoxy) is 1. The van der Waals surface area contributed by atoms with E-state index in [1.807, 2.05) is 52.0 Å². The van der Waals surface area contributed by atoms with Gasteiger partial charge in [0, 0.05) is 31.0 Å². The van der Waals surface area contributed by atoms with Crippen LogP contribution in [0.3, 0.4) is 0 Å². The number of allylic oxidation sites excluding steroid dienone is 1. The van der Waals surface area contributed by atoms with Crippen molar-refractivity contribution in [2.75, 3.05) is 6.61 Å². The van der Waals surface area contributed by atoms with Gasteiger partial charge in [-0.15, -0.1) is 0 Å². The van der Waals surface area contributed by atoms with Crippen molar-refractivity contribution < 1.29 is 29.0 Å². The van der Waals surface area contributed by atoms with Crippen LogP contribution in [-0.2, 0) is 29.0 Å². The number of hydrogen-bond acceptors (Lipinski definition) is 7. The van der Waals surface area contributed by atoms with Crippen molar-refractivity contribution in [3.63, 3.8) is 0 Å². The molecular formula is C33H49N3O6. The van der Waals surface area contributed by atoms with Crippen LogP contribution in [0.1, 0.15) is 89.3 Å². The maximum absolute atomic E-state index is 12.7. The van der Waals surface area contributed by atoms with Gasteiger partial charge in [-0.25, -0.2) is 9.78 Å². The summed E-state index contributed by atoms with van der Waals surface area (Å²) in [5, 5.41) is 19.4. The number of carboxylic acids is 1. The summed E-state index contributed by atoms with van der Waals surface area (Å²) in [6.45, 7) is 14.5. The summed E-state index contributed by atoms with van der Waals surface area (Å²) in [4.78, 5) is 30.4. The van der Waals surface area contributed by atoms with E-state index in [0.29, 0.717) is 37.0 Å². The minimum atomic E-state index is -1.05. The Morgan fingerprint density at radius 3 is 2.57 bits per heavy atom. The van der Waals surface area contributed by atoms with E-state index in [0.717, 1.165) is 35.4 Å². The number of aliphatic carboxylic acids is 1. The van der Waals surface area contributed by atoms with E-state index in [1.54, 1.807) is 6.92 Å². The number of aliphatic hydroxyl groups is 1. The number of nitrogens with two attached hydrogens (primary N) is 1. The average molecular weight is 584 g/mol. The molecule has 0 saturated carbocycles.